The molecular formula is C22H26N4OS2. The SMILES string of the molecule is CCN(CC)C(=O)CSc1nnc(CSc2ccc(C)cc2)n1-c1ccccc1. The first-order chi connectivity index (χ1) is 14.1. The van der Waals surface area contributed by atoms with Gasteiger partial charge in [-0.15, -0.1) is 22.0 Å². The van der Waals surface area contributed by atoms with Crippen LogP contribution >= 0.6 is 23.5 Å². The van der Waals surface area contributed by atoms with Gasteiger partial charge in [0.25, 0.3) is 0 Å². The van der Waals surface area contributed by atoms with E-state index in [1.54, 1.807) is 11.8 Å². The maximum atomic E-state index is 12.4. The standard InChI is InChI=1S/C22H26N4OS2/c1-4-25(5-2)21(27)16-29-22-24-23-20(26(22)18-9-7-6-8-10-18)15-28-19-13-11-17(3)12-14-19/h6-14H,4-5,15-16H2,1-3H3. The summed E-state index contributed by atoms with van der Waals surface area (Å²) in [5, 5.41) is 9.57. The predicted molar refractivity (Wildman–Crippen MR) is 121 cm³/mol. The Balaban J connectivity index is 1.79. The van der Waals surface area contributed by atoms with Crippen LogP contribution in [0.15, 0.2) is 64.6 Å². The van der Waals surface area contributed by atoms with Crippen LogP contribution in [-0.2, 0) is 10.5 Å². The van der Waals surface area contributed by atoms with Crippen molar-refractivity contribution >= 4 is 29.4 Å². The van der Waals surface area contributed by atoms with Crippen LogP contribution in [0.4, 0.5) is 0 Å². The van der Waals surface area contributed by atoms with Gasteiger partial charge in [0.1, 0.15) is 5.82 Å². The molecule has 0 radical (unpaired) electrons. The highest BCUT2D eigenvalue weighted by Gasteiger charge is 2.17. The van der Waals surface area contributed by atoms with Crippen molar-refractivity contribution in [1.82, 2.24) is 19.7 Å². The molecule has 1 amide bonds. The Morgan fingerprint density at radius 1 is 0.966 bits per heavy atom. The molecule has 0 spiro atoms. The molecule has 0 saturated heterocycles. The molecule has 0 aliphatic heterocycles. The summed E-state index contributed by atoms with van der Waals surface area (Å²) < 4.78 is 2.06. The summed E-state index contributed by atoms with van der Waals surface area (Å²) >= 11 is 3.18. The van der Waals surface area contributed by atoms with Gasteiger partial charge in [-0.05, 0) is 45.0 Å². The minimum Gasteiger partial charge on any atom is -0.343 e. The lowest BCUT2D eigenvalue weighted by atomic mass is 10.2. The molecule has 0 fully saturated rings. The molecule has 152 valence electrons. The fourth-order valence-electron chi connectivity index (χ4n) is 2.90. The second-order valence-corrected chi connectivity index (χ2v) is 8.52. The zero-order valence-corrected chi connectivity index (χ0v) is 18.7. The third kappa shape index (κ3) is 5.64. The van der Waals surface area contributed by atoms with E-state index in [9.17, 15) is 4.79 Å². The molecule has 0 N–H and O–H groups in total. The Labute approximate surface area is 180 Å². The first kappa shape index (κ1) is 21.5. The number of hydrogen-bond acceptors (Lipinski definition) is 5. The average Bonchev–Trinajstić information content (AvgIpc) is 3.16. The summed E-state index contributed by atoms with van der Waals surface area (Å²) in [4.78, 5) is 15.5. The predicted octanol–water partition coefficient (Wildman–Crippen LogP) is 4.83. The van der Waals surface area contributed by atoms with Gasteiger partial charge in [-0.2, -0.15) is 0 Å². The topological polar surface area (TPSA) is 51.0 Å². The molecule has 0 aliphatic rings. The number of carbonyl (C=O) groups is 1. The normalized spacial score (nSPS) is 10.9. The molecule has 3 rings (SSSR count). The number of nitrogens with zero attached hydrogens (tertiary/aromatic N) is 4. The maximum absolute atomic E-state index is 12.4. The molecule has 0 unspecified atom stereocenters. The molecular weight excluding hydrogens is 400 g/mol. The van der Waals surface area contributed by atoms with Crippen molar-refractivity contribution in [3.8, 4) is 5.69 Å². The molecule has 0 atom stereocenters. The largest absolute Gasteiger partial charge is 0.343 e. The van der Waals surface area contributed by atoms with E-state index >= 15 is 0 Å². The molecule has 0 bridgehead atoms. The molecule has 0 aliphatic carbocycles. The van der Waals surface area contributed by atoms with Crippen molar-refractivity contribution in [2.24, 2.45) is 0 Å². The third-order valence-electron chi connectivity index (χ3n) is 4.54. The molecule has 5 nitrogen and oxygen atoms in total. The van der Waals surface area contributed by atoms with Crippen LogP contribution in [0.2, 0.25) is 0 Å². The molecule has 3 aromatic rings. The van der Waals surface area contributed by atoms with E-state index in [0.717, 1.165) is 29.8 Å². The van der Waals surface area contributed by atoms with Crippen LogP contribution < -0.4 is 0 Å². The van der Waals surface area contributed by atoms with Crippen molar-refractivity contribution in [2.45, 2.75) is 36.6 Å². The van der Waals surface area contributed by atoms with Crippen LogP contribution in [-0.4, -0.2) is 44.4 Å². The van der Waals surface area contributed by atoms with Gasteiger partial charge in [0.2, 0.25) is 5.91 Å². The number of carbonyl (C=O) groups excluding carboxylic acids is 1. The van der Waals surface area contributed by atoms with Crippen molar-refractivity contribution in [3.63, 3.8) is 0 Å². The Morgan fingerprint density at radius 2 is 1.66 bits per heavy atom. The lowest BCUT2D eigenvalue weighted by molar-refractivity contribution is -0.127. The Hall–Kier alpha value is -2.25. The highest BCUT2D eigenvalue weighted by molar-refractivity contribution is 7.99. The van der Waals surface area contributed by atoms with E-state index in [1.807, 2.05) is 49.1 Å². The van der Waals surface area contributed by atoms with Gasteiger partial charge in [0, 0.05) is 23.7 Å². The summed E-state index contributed by atoms with van der Waals surface area (Å²) in [6.45, 7) is 7.53. The number of benzene rings is 2. The van der Waals surface area contributed by atoms with Crippen LogP contribution in [0.3, 0.4) is 0 Å². The van der Waals surface area contributed by atoms with E-state index in [1.165, 1.54) is 22.2 Å². The Kier molecular flexibility index (Phi) is 7.77. The van der Waals surface area contributed by atoms with Crippen molar-refractivity contribution < 1.29 is 4.79 Å². The summed E-state index contributed by atoms with van der Waals surface area (Å²) in [5.41, 5.74) is 2.26. The van der Waals surface area contributed by atoms with Gasteiger partial charge in [-0.25, -0.2) is 0 Å². The number of aryl methyl sites for hydroxylation is 1. The van der Waals surface area contributed by atoms with Gasteiger partial charge in [-0.3, -0.25) is 9.36 Å². The minimum atomic E-state index is 0.123. The van der Waals surface area contributed by atoms with E-state index in [-0.39, 0.29) is 5.91 Å². The van der Waals surface area contributed by atoms with Crippen LogP contribution in [0.5, 0.6) is 0 Å². The monoisotopic (exact) mass is 426 g/mol. The Bertz CT molecular complexity index is 922. The smallest absolute Gasteiger partial charge is 0.233 e. The minimum absolute atomic E-state index is 0.123. The molecule has 29 heavy (non-hydrogen) atoms. The summed E-state index contributed by atoms with van der Waals surface area (Å²) in [6, 6.07) is 18.6. The highest BCUT2D eigenvalue weighted by Crippen LogP contribution is 2.27. The number of thioether (sulfide) groups is 2. The van der Waals surface area contributed by atoms with Gasteiger partial charge in [0.05, 0.1) is 11.5 Å². The Morgan fingerprint density at radius 3 is 2.31 bits per heavy atom. The molecule has 1 heterocycles. The molecule has 7 heteroatoms. The lowest BCUT2D eigenvalue weighted by Crippen LogP contribution is -2.31. The summed E-state index contributed by atoms with van der Waals surface area (Å²) in [5.74, 6) is 2.06. The fourth-order valence-corrected chi connectivity index (χ4v) is 4.58. The fraction of sp³-hybridized carbons (Fsp3) is 0.318. The van der Waals surface area contributed by atoms with E-state index < -0.39 is 0 Å². The van der Waals surface area contributed by atoms with Gasteiger partial charge < -0.3 is 4.90 Å². The number of rotatable bonds is 9. The van der Waals surface area contributed by atoms with Gasteiger partial charge in [0.15, 0.2) is 5.16 Å². The van der Waals surface area contributed by atoms with E-state index in [0.29, 0.717) is 11.5 Å². The number of hydrogen-bond donors (Lipinski definition) is 0. The number of para-hydroxylation sites is 1. The molecule has 2 aromatic carbocycles. The van der Waals surface area contributed by atoms with E-state index in [2.05, 4.69) is 46.0 Å². The number of amides is 1. The van der Waals surface area contributed by atoms with Crippen LogP contribution in [0.25, 0.3) is 5.69 Å². The molecule has 0 saturated carbocycles. The van der Waals surface area contributed by atoms with Gasteiger partial charge >= 0.3 is 0 Å². The van der Waals surface area contributed by atoms with Gasteiger partial charge in [-0.1, -0.05) is 47.7 Å². The molecule has 1 aromatic heterocycles. The second kappa shape index (κ2) is 10.5. The zero-order chi connectivity index (χ0) is 20.6. The van der Waals surface area contributed by atoms with E-state index in [4.69, 9.17) is 0 Å². The third-order valence-corrected chi connectivity index (χ3v) is 6.47. The van der Waals surface area contributed by atoms with Crippen molar-refractivity contribution in [1.29, 1.82) is 0 Å². The highest BCUT2D eigenvalue weighted by atomic mass is 32.2. The van der Waals surface area contributed by atoms with Crippen LogP contribution in [0.1, 0.15) is 25.2 Å². The lowest BCUT2D eigenvalue weighted by Gasteiger charge is -2.18. The quantitative estimate of drug-likeness (QED) is 0.459. The number of aromatic nitrogens is 3. The summed E-state index contributed by atoms with van der Waals surface area (Å²) in [7, 11) is 0. The maximum Gasteiger partial charge on any atom is 0.233 e. The zero-order valence-electron chi connectivity index (χ0n) is 17.0. The van der Waals surface area contributed by atoms with Crippen molar-refractivity contribution in [3.05, 3.63) is 66.0 Å². The second-order valence-electron chi connectivity index (χ2n) is 6.53. The van der Waals surface area contributed by atoms with Crippen LogP contribution in [0, 0.1) is 6.92 Å². The average molecular weight is 427 g/mol. The first-order valence-electron chi connectivity index (χ1n) is 9.72. The summed E-state index contributed by atoms with van der Waals surface area (Å²) in [6.07, 6.45) is 0. The first-order valence-corrected chi connectivity index (χ1v) is 11.7. The van der Waals surface area contributed by atoms with Crippen molar-refractivity contribution in [2.75, 3.05) is 18.8 Å².